The maximum absolute atomic E-state index is 11.2. The number of rotatable bonds is 4. The number of esters is 1. The van der Waals surface area contributed by atoms with Gasteiger partial charge in [0.05, 0.1) is 0 Å². The second kappa shape index (κ2) is 6.43. The van der Waals surface area contributed by atoms with Crippen molar-refractivity contribution < 1.29 is 9.53 Å². The van der Waals surface area contributed by atoms with E-state index in [0.29, 0.717) is 0 Å². The molecular weight excluding hydrogens is 256 g/mol. The molecule has 0 saturated carbocycles. The first-order valence-corrected chi connectivity index (χ1v) is 6.98. The van der Waals surface area contributed by atoms with Crippen LogP contribution in [0.15, 0.2) is 59.5 Å². The third-order valence-corrected chi connectivity index (χ3v) is 3.74. The van der Waals surface area contributed by atoms with E-state index in [1.54, 1.807) is 0 Å². The highest BCUT2D eigenvalue weighted by molar-refractivity contribution is 7.99. The van der Waals surface area contributed by atoms with Crippen LogP contribution in [-0.2, 0) is 9.53 Å². The molecule has 0 aliphatic heterocycles. The van der Waals surface area contributed by atoms with Crippen LogP contribution in [0.4, 0.5) is 0 Å². The van der Waals surface area contributed by atoms with E-state index in [9.17, 15) is 4.79 Å². The molecule has 0 aromatic heterocycles. The van der Waals surface area contributed by atoms with Gasteiger partial charge in [0.2, 0.25) is 0 Å². The van der Waals surface area contributed by atoms with Crippen LogP contribution in [0, 0.1) is 6.92 Å². The third-order valence-electron chi connectivity index (χ3n) is 2.61. The van der Waals surface area contributed by atoms with E-state index in [1.807, 2.05) is 42.5 Å². The van der Waals surface area contributed by atoms with Crippen molar-refractivity contribution in [3.8, 4) is 0 Å². The van der Waals surface area contributed by atoms with Gasteiger partial charge in [-0.2, -0.15) is 0 Å². The van der Waals surface area contributed by atoms with E-state index < -0.39 is 0 Å². The van der Waals surface area contributed by atoms with Gasteiger partial charge in [0.25, 0.3) is 0 Å². The zero-order valence-corrected chi connectivity index (χ0v) is 11.8. The lowest BCUT2D eigenvalue weighted by Crippen LogP contribution is -2.05. The Kier molecular flexibility index (Phi) is 4.63. The molecule has 0 saturated heterocycles. The van der Waals surface area contributed by atoms with Gasteiger partial charge in [-0.3, -0.25) is 4.79 Å². The molecule has 3 heteroatoms. The Labute approximate surface area is 117 Å². The van der Waals surface area contributed by atoms with Crippen molar-refractivity contribution in [1.29, 1.82) is 0 Å². The molecule has 2 aromatic rings. The highest BCUT2D eigenvalue weighted by atomic mass is 32.2. The normalized spacial score (nSPS) is 11.9. The van der Waals surface area contributed by atoms with Gasteiger partial charge in [-0.1, -0.05) is 59.8 Å². The molecule has 1 atom stereocenters. The molecule has 0 amide bonds. The van der Waals surface area contributed by atoms with Gasteiger partial charge < -0.3 is 4.74 Å². The number of carbonyl (C=O) groups excluding carboxylic acids is 1. The van der Waals surface area contributed by atoms with Gasteiger partial charge in [-0.05, 0) is 19.1 Å². The van der Waals surface area contributed by atoms with Crippen LogP contribution in [0.25, 0.3) is 0 Å². The number of hydrogen-bond acceptors (Lipinski definition) is 3. The van der Waals surface area contributed by atoms with Crippen molar-refractivity contribution in [2.45, 2.75) is 24.2 Å². The van der Waals surface area contributed by atoms with Crippen LogP contribution in [-0.4, -0.2) is 5.97 Å². The summed E-state index contributed by atoms with van der Waals surface area (Å²) >= 11 is 1.54. The minimum atomic E-state index is -0.304. The quantitative estimate of drug-likeness (QED) is 0.470. The number of hydrogen-bond donors (Lipinski definition) is 0. The van der Waals surface area contributed by atoms with Gasteiger partial charge in [0.15, 0.2) is 5.44 Å². The van der Waals surface area contributed by atoms with Gasteiger partial charge in [0.1, 0.15) is 0 Å². The number of ether oxygens (including phenoxy) is 1. The van der Waals surface area contributed by atoms with Crippen LogP contribution in [0.2, 0.25) is 0 Å². The second-order valence-electron chi connectivity index (χ2n) is 4.28. The summed E-state index contributed by atoms with van der Waals surface area (Å²) in [6.45, 7) is 3.49. The summed E-state index contributed by atoms with van der Waals surface area (Å²) in [5, 5.41) is 0. The molecule has 98 valence electrons. The zero-order valence-electron chi connectivity index (χ0n) is 11.0. The Bertz CT molecular complexity index is 534. The zero-order chi connectivity index (χ0) is 13.7. The molecule has 19 heavy (non-hydrogen) atoms. The number of benzene rings is 2. The van der Waals surface area contributed by atoms with E-state index in [-0.39, 0.29) is 11.4 Å². The summed E-state index contributed by atoms with van der Waals surface area (Å²) < 4.78 is 5.39. The van der Waals surface area contributed by atoms with Crippen LogP contribution >= 0.6 is 11.8 Å². The molecule has 0 aliphatic carbocycles. The predicted octanol–water partition coefficient (Wildman–Crippen LogP) is 4.35. The first-order chi connectivity index (χ1) is 9.15. The van der Waals surface area contributed by atoms with E-state index in [0.717, 1.165) is 10.5 Å². The fourth-order valence-electron chi connectivity index (χ4n) is 1.66. The summed E-state index contributed by atoms with van der Waals surface area (Å²) in [4.78, 5) is 12.3. The van der Waals surface area contributed by atoms with Gasteiger partial charge >= 0.3 is 5.97 Å². The first-order valence-electron chi connectivity index (χ1n) is 6.10. The molecule has 0 spiro atoms. The number of aryl methyl sites for hydroxylation is 1. The fourth-order valence-corrected chi connectivity index (χ4v) is 2.68. The van der Waals surface area contributed by atoms with Crippen LogP contribution in [0.5, 0.6) is 0 Å². The monoisotopic (exact) mass is 272 g/mol. The number of thioether (sulfide) groups is 1. The SMILES string of the molecule is CC(=O)O[C@H](Sc1ccc(C)cc1)c1ccccc1. The lowest BCUT2D eigenvalue weighted by molar-refractivity contribution is -0.142. The van der Waals surface area contributed by atoms with E-state index in [1.165, 1.54) is 24.2 Å². The molecule has 0 N–H and O–H groups in total. The van der Waals surface area contributed by atoms with E-state index in [4.69, 9.17) is 4.74 Å². The van der Waals surface area contributed by atoms with Crippen molar-refractivity contribution in [1.82, 2.24) is 0 Å². The Morgan fingerprint density at radius 1 is 1.05 bits per heavy atom. The number of carbonyl (C=O) groups is 1. The fraction of sp³-hybridized carbons (Fsp3) is 0.188. The Morgan fingerprint density at radius 3 is 2.26 bits per heavy atom. The smallest absolute Gasteiger partial charge is 0.304 e. The Balaban J connectivity index is 2.19. The molecule has 0 bridgehead atoms. The third kappa shape index (κ3) is 4.14. The largest absolute Gasteiger partial charge is 0.446 e. The second-order valence-corrected chi connectivity index (χ2v) is 5.42. The standard InChI is InChI=1S/C16H16O2S/c1-12-8-10-15(11-9-12)19-16(18-13(2)17)14-6-4-3-5-7-14/h3-11,16H,1-2H3/t16-/m1/s1. The van der Waals surface area contributed by atoms with Crippen molar-refractivity contribution >= 4 is 17.7 Å². The molecular formula is C16H16O2S. The van der Waals surface area contributed by atoms with Crippen LogP contribution in [0.1, 0.15) is 23.5 Å². The van der Waals surface area contributed by atoms with Gasteiger partial charge in [-0.15, -0.1) is 0 Å². The summed E-state index contributed by atoms with van der Waals surface area (Å²) in [6, 6.07) is 18.0. The summed E-state index contributed by atoms with van der Waals surface area (Å²) in [6.07, 6.45) is 0. The molecule has 0 unspecified atom stereocenters. The lowest BCUT2D eigenvalue weighted by Gasteiger charge is -2.17. The summed E-state index contributed by atoms with van der Waals surface area (Å²) in [7, 11) is 0. The van der Waals surface area contributed by atoms with Crippen molar-refractivity contribution in [2.75, 3.05) is 0 Å². The molecule has 2 nitrogen and oxygen atoms in total. The van der Waals surface area contributed by atoms with Gasteiger partial charge in [0, 0.05) is 17.4 Å². The average Bonchev–Trinajstić information content (AvgIpc) is 2.41. The van der Waals surface area contributed by atoms with Crippen LogP contribution < -0.4 is 0 Å². The van der Waals surface area contributed by atoms with Crippen molar-refractivity contribution in [3.05, 3.63) is 65.7 Å². The maximum Gasteiger partial charge on any atom is 0.304 e. The van der Waals surface area contributed by atoms with Crippen LogP contribution in [0.3, 0.4) is 0 Å². The molecule has 0 aliphatic rings. The lowest BCUT2D eigenvalue weighted by atomic mass is 10.2. The van der Waals surface area contributed by atoms with Gasteiger partial charge in [-0.25, -0.2) is 0 Å². The highest BCUT2D eigenvalue weighted by Gasteiger charge is 2.15. The molecule has 2 rings (SSSR count). The van der Waals surface area contributed by atoms with E-state index in [2.05, 4.69) is 19.1 Å². The predicted molar refractivity (Wildman–Crippen MR) is 78.0 cm³/mol. The van der Waals surface area contributed by atoms with Crippen molar-refractivity contribution in [2.24, 2.45) is 0 Å². The topological polar surface area (TPSA) is 26.3 Å². The first kappa shape index (κ1) is 13.7. The molecule has 0 radical (unpaired) electrons. The maximum atomic E-state index is 11.2. The summed E-state index contributed by atoms with van der Waals surface area (Å²) in [5.74, 6) is -0.270. The minimum absolute atomic E-state index is 0.270. The van der Waals surface area contributed by atoms with E-state index >= 15 is 0 Å². The average molecular weight is 272 g/mol. The molecule has 0 heterocycles. The van der Waals surface area contributed by atoms with Crippen molar-refractivity contribution in [3.63, 3.8) is 0 Å². The molecule has 2 aromatic carbocycles. The summed E-state index contributed by atoms with van der Waals surface area (Å²) in [5.41, 5.74) is 1.90. The Hall–Kier alpha value is -1.74. The highest BCUT2D eigenvalue weighted by Crippen LogP contribution is 2.36. The Morgan fingerprint density at radius 2 is 1.68 bits per heavy atom. The molecule has 0 fully saturated rings. The minimum Gasteiger partial charge on any atom is -0.446 e.